The topological polar surface area (TPSA) is 112 Å². The van der Waals surface area contributed by atoms with Crippen LogP contribution in [0.2, 0.25) is 0 Å². The lowest BCUT2D eigenvalue weighted by atomic mass is 10.1. The third kappa shape index (κ3) is 2.73. The Morgan fingerprint density at radius 3 is 2.52 bits per heavy atom. The second kappa shape index (κ2) is 6.34. The van der Waals surface area contributed by atoms with Gasteiger partial charge in [-0.3, -0.25) is 4.79 Å². The van der Waals surface area contributed by atoms with Gasteiger partial charge in [-0.15, -0.1) is 0 Å². The SMILES string of the molecule is COC(=O)[C@H]1Nc2ccccc2-c2nc(=O)c(C)nn2[C@@H]1C(=O)OC. The van der Waals surface area contributed by atoms with Gasteiger partial charge in [0, 0.05) is 11.3 Å². The van der Waals surface area contributed by atoms with E-state index in [4.69, 9.17) is 9.47 Å². The van der Waals surface area contributed by atoms with Crippen LogP contribution in [0.3, 0.4) is 0 Å². The molecular formula is C16H16N4O5. The Hall–Kier alpha value is -3.23. The number of esters is 2. The molecule has 25 heavy (non-hydrogen) atoms. The Kier molecular flexibility index (Phi) is 4.22. The van der Waals surface area contributed by atoms with E-state index in [9.17, 15) is 14.4 Å². The third-order valence-corrected chi connectivity index (χ3v) is 3.95. The monoisotopic (exact) mass is 344 g/mol. The Balaban J connectivity index is 2.35. The molecule has 1 aromatic carbocycles. The number of carbonyl (C=O) groups is 2. The maximum absolute atomic E-state index is 12.4. The van der Waals surface area contributed by atoms with Gasteiger partial charge < -0.3 is 14.8 Å². The smallest absolute Gasteiger partial charge is 0.333 e. The number of benzene rings is 1. The molecule has 2 heterocycles. The fraction of sp³-hybridized carbons (Fsp3) is 0.312. The van der Waals surface area contributed by atoms with Crippen molar-refractivity contribution in [1.82, 2.24) is 14.8 Å². The second-order valence-corrected chi connectivity index (χ2v) is 5.43. The Morgan fingerprint density at radius 1 is 1.16 bits per heavy atom. The molecular weight excluding hydrogens is 328 g/mol. The van der Waals surface area contributed by atoms with Crippen LogP contribution in [0.15, 0.2) is 29.1 Å². The van der Waals surface area contributed by atoms with E-state index in [1.54, 1.807) is 24.3 Å². The minimum absolute atomic E-state index is 0.0978. The predicted octanol–water partition coefficient (Wildman–Crippen LogP) is 0.295. The summed E-state index contributed by atoms with van der Waals surface area (Å²) in [5.41, 5.74) is 0.643. The average molecular weight is 344 g/mol. The molecule has 0 unspecified atom stereocenters. The van der Waals surface area contributed by atoms with Crippen LogP contribution in [0.1, 0.15) is 11.7 Å². The summed E-state index contributed by atoms with van der Waals surface area (Å²) in [4.78, 5) is 40.8. The van der Waals surface area contributed by atoms with Gasteiger partial charge in [-0.25, -0.2) is 14.3 Å². The van der Waals surface area contributed by atoms with Crippen LogP contribution in [0, 0.1) is 6.92 Å². The van der Waals surface area contributed by atoms with Gasteiger partial charge in [-0.2, -0.15) is 10.1 Å². The molecule has 130 valence electrons. The maximum Gasteiger partial charge on any atom is 0.333 e. The molecule has 9 nitrogen and oxygen atoms in total. The minimum Gasteiger partial charge on any atom is -0.467 e. The van der Waals surface area contributed by atoms with Gasteiger partial charge in [0.1, 0.15) is 5.69 Å². The number of hydrogen-bond donors (Lipinski definition) is 1. The van der Waals surface area contributed by atoms with Gasteiger partial charge in [0.25, 0.3) is 5.56 Å². The maximum atomic E-state index is 12.4. The van der Waals surface area contributed by atoms with E-state index in [0.717, 1.165) is 0 Å². The highest BCUT2D eigenvalue weighted by molar-refractivity contribution is 5.91. The zero-order valence-electron chi connectivity index (χ0n) is 13.8. The van der Waals surface area contributed by atoms with Crippen molar-refractivity contribution in [3.63, 3.8) is 0 Å². The van der Waals surface area contributed by atoms with E-state index in [1.807, 2.05) is 0 Å². The molecule has 0 saturated carbocycles. The first-order valence-corrected chi connectivity index (χ1v) is 7.47. The molecule has 1 aliphatic heterocycles. The molecule has 2 aromatic rings. The number of hydrogen-bond acceptors (Lipinski definition) is 8. The van der Waals surface area contributed by atoms with Crippen molar-refractivity contribution in [1.29, 1.82) is 0 Å². The summed E-state index contributed by atoms with van der Waals surface area (Å²) < 4.78 is 10.9. The number of nitrogens with one attached hydrogen (secondary N) is 1. The molecule has 0 radical (unpaired) electrons. The van der Waals surface area contributed by atoms with Crippen LogP contribution < -0.4 is 10.9 Å². The average Bonchev–Trinajstić information content (AvgIpc) is 2.76. The van der Waals surface area contributed by atoms with Crippen molar-refractivity contribution in [2.75, 3.05) is 19.5 Å². The van der Waals surface area contributed by atoms with E-state index in [0.29, 0.717) is 11.3 Å². The summed E-state index contributed by atoms with van der Waals surface area (Å²) in [5.74, 6) is -1.22. The Labute approximate surface area is 142 Å². The van der Waals surface area contributed by atoms with E-state index < -0.39 is 29.6 Å². The van der Waals surface area contributed by atoms with E-state index in [-0.39, 0.29) is 11.5 Å². The molecule has 0 spiro atoms. The first-order chi connectivity index (χ1) is 12.0. The molecule has 3 rings (SSSR count). The molecule has 0 fully saturated rings. The van der Waals surface area contributed by atoms with Crippen molar-refractivity contribution < 1.29 is 19.1 Å². The highest BCUT2D eigenvalue weighted by Crippen LogP contribution is 2.33. The summed E-state index contributed by atoms with van der Waals surface area (Å²) >= 11 is 0. The van der Waals surface area contributed by atoms with Crippen LogP contribution in [0.5, 0.6) is 0 Å². The summed E-state index contributed by atoms with van der Waals surface area (Å²) in [7, 11) is 2.43. The number of rotatable bonds is 2. The van der Waals surface area contributed by atoms with E-state index in [1.165, 1.54) is 25.8 Å². The molecule has 1 N–H and O–H groups in total. The number of ether oxygens (including phenoxy) is 2. The lowest BCUT2D eigenvalue weighted by molar-refractivity contribution is -0.152. The summed E-state index contributed by atoms with van der Waals surface area (Å²) in [6.45, 7) is 1.48. The molecule has 0 aliphatic carbocycles. The number of carbonyl (C=O) groups excluding carboxylic acids is 2. The first kappa shape index (κ1) is 16.6. The van der Waals surface area contributed by atoms with Gasteiger partial charge >= 0.3 is 11.9 Å². The summed E-state index contributed by atoms with van der Waals surface area (Å²) in [5, 5.41) is 7.17. The fourth-order valence-corrected chi connectivity index (χ4v) is 2.72. The second-order valence-electron chi connectivity index (χ2n) is 5.43. The zero-order valence-corrected chi connectivity index (χ0v) is 13.8. The van der Waals surface area contributed by atoms with Crippen LogP contribution in [0.25, 0.3) is 11.4 Å². The van der Waals surface area contributed by atoms with Crippen LogP contribution in [-0.4, -0.2) is 47.0 Å². The van der Waals surface area contributed by atoms with Gasteiger partial charge in [0.15, 0.2) is 17.9 Å². The number of aryl methyl sites for hydroxylation is 1. The van der Waals surface area contributed by atoms with E-state index in [2.05, 4.69) is 15.4 Å². The summed E-state index contributed by atoms with van der Waals surface area (Å²) in [6.07, 6.45) is 0. The number of anilines is 1. The Bertz CT molecular complexity index is 908. The van der Waals surface area contributed by atoms with Crippen molar-refractivity contribution in [2.24, 2.45) is 0 Å². The van der Waals surface area contributed by atoms with Crippen molar-refractivity contribution in [3.8, 4) is 11.4 Å². The highest BCUT2D eigenvalue weighted by Gasteiger charge is 2.42. The molecule has 1 aliphatic rings. The highest BCUT2D eigenvalue weighted by atomic mass is 16.5. The van der Waals surface area contributed by atoms with Crippen molar-refractivity contribution >= 4 is 17.6 Å². The number of methoxy groups -OCH3 is 2. The molecule has 1 aromatic heterocycles. The van der Waals surface area contributed by atoms with E-state index >= 15 is 0 Å². The number of nitrogens with zero attached hydrogens (tertiary/aromatic N) is 3. The quantitative estimate of drug-likeness (QED) is 0.774. The number of para-hydroxylation sites is 1. The van der Waals surface area contributed by atoms with Crippen molar-refractivity contribution in [3.05, 3.63) is 40.3 Å². The lowest BCUT2D eigenvalue weighted by Crippen LogP contribution is -2.44. The van der Waals surface area contributed by atoms with Crippen LogP contribution in [-0.2, 0) is 19.1 Å². The van der Waals surface area contributed by atoms with Crippen molar-refractivity contribution in [2.45, 2.75) is 19.0 Å². The first-order valence-electron chi connectivity index (χ1n) is 7.47. The minimum atomic E-state index is -1.19. The standard InChI is InChI=1S/C16H16N4O5/c1-8-14(21)18-13-9-6-4-5-7-10(9)17-11(15(22)24-2)12(16(23)25-3)20(13)19-8/h4-7,11-12,17H,1-3H3/t11-,12-/m0/s1. The fourth-order valence-electron chi connectivity index (χ4n) is 2.72. The summed E-state index contributed by atoms with van der Waals surface area (Å²) in [6, 6.07) is 4.64. The molecule has 2 atom stereocenters. The van der Waals surface area contributed by atoms with Crippen LogP contribution in [0.4, 0.5) is 5.69 Å². The normalized spacial score (nSPS) is 18.2. The van der Waals surface area contributed by atoms with Gasteiger partial charge in [-0.05, 0) is 19.1 Å². The molecule has 9 heteroatoms. The van der Waals surface area contributed by atoms with Gasteiger partial charge in [-0.1, -0.05) is 12.1 Å². The molecule has 0 saturated heterocycles. The predicted molar refractivity (Wildman–Crippen MR) is 86.9 cm³/mol. The van der Waals surface area contributed by atoms with Gasteiger partial charge in [0.05, 0.1) is 14.2 Å². The number of fused-ring (bicyclic) bond motifs is 3. The van der Waals surface area contributed by atoms with Gasteiger partial charge in [0.2, 0.25) is 0 Å². The largest absolute Gasteiger partial charge is 0.467 e. The third-order valence-electron chi connectivity index (χ3n) is 3.95. The lowest BCUT2D eigenvalue weighted by Gasteiger charge is -2.24. The molecule has 0 amide bonds. The molecule has 0 bridgehead atoms. The number of aromatic nitrogens is 3. The van der Waals surface area contributed by atoms with Crippen LogP contribution >= 0.6 is 0 Å². The Morgan fingerprint density at radius 2 is 1.84 bits per heavy atom. The zero-order chi connectivity index (χ0) is 18.1.